The normalized spacial score (nSPS) is 12.1. The average Bonchev–Trinajstić information content (AvgIpc) is 4.04. The summed E-state index contributed by atoms with van der Waals surface area (Å²) >= 11 is 0. The Morgan fingerprint density at radius 1 is 0.259 bits per heavy atom. The molecular formula is C54H32N2O2. The predicted octanol–water partition coefficient (Wildman–Crippen LogP) is 15.0. The number of hydrogen-bond acceptors (Lipinski definition) is 2. The SMILES string of the molecule is c1ccc2c(c1)oc1ccc3c4ccccc4n(-c4ccc(-c5ccc(-c6ccc(-n7c8ccccc8c8ccc9oc%10ccccc%10c9c87)cc6)cc5)cc4)c3c12. The van der Waals surface area contributed by atoms with Crippen LogP contribution < -0.4 is 0 Å². The van der Waals surface area contributed by atoms with Gasteiger partial charge in [0.25, 0.3) is 0 Å². The molecule has 13 rings (SSSR count). The third-order valence-electron chi connectivity index (χ3n) is 12.2. The summed E-state index contributed by atoms with van der Waals surface area (Å²) in [5, 5.41) is 9.48. The molecule has 0 saturated carbocycles. The van der Waals surface area contributed by atoms with Crippen LogP contribution in [-0.4, -0.2) is 9.13 Å². The molecule has 0 aliphatic rings. The Bertz CT molecular complexity index is 3510. The van der Waals surface area contributed by atoms with Crippen molar-refractivity contribution in [3.8, 4) is 33.6 Å². The zero-order valence-electron chi connectivity index (χ0n) is 31.2. The van der Waals surface area contributed by atoms with Crippen LogP contribution in [0.3, 0.4) is 0 Å². The van der Waals surface area contributed by atoms with Crippen molar-refractivity contribution in [2.45, 2.75) is 0 Å². The molecule has 0 N–H and O–H groups in total. The van der Waals surface area contributed by atoms with Gasteiger partial charge < -0.3 is 18.0 Å². The van der Waals surface area contributed by atoms with E-state index in [1.165, 1.54) is 65.9 Å². The second kappa shape index (κ2) is 11.8. The molecule has 0 aliphatic heterocycles. The van der Waals surface area contributed by atoms with Gasteiger partial charge in [-0.2, -0.15) is 0 Å². The van der Waals surface area contributed by atoms with Crippen molar-refractivity contribution in [1.29, 1.82) is 0 Å². The molecule has 0 saturated heterocycles. The van der Waals surface area contributed by atoms with E-state index in [1.54, 1.807) is 0 Å². The van der Waals surface area contributed by atoms with Gasteiger partial charge in [-0.05, 0) is 95.1 Å². The van der Waals surface area contributed by atoms with Gasteiger partial charge in [0.05, 0.1) is 32.8 Å². The lowest BCUT2D eigenvalue weighted by molar-refractivity contribution is 0.669. The van der Waals surface area contributed by atoms with E-state index in [0.29, 0.717) is 0 Å². The molecule has 9 aromatic carbocycles. The smallest absolute Gasteiger partial charge is 0.137 e. The Balaban J connectivity index is 0.864. The summed E-state index contributed by atoms with van der Waals surface area (Å²) in [4.78, 5) is 0. The summed E-state index contributed by atoms with van der Waals surface area (Å²) in [6, 6.07) is 69.5. The van der Waals surface area contributed by atoms with Crippen molar-refractivity contribution >= 4 is 87.5 Å². The Morgan fingerprint density at radius 2 is 0.603 bits per heavy atom. The van der Waals surface area contributed by atoms with Gasteiger partial charge in [-0.15, -0.1) is 0 Å². The van der Waals surface area contributed by atoms with Gasteiger partial charge in [-0.1, -0.05) is 121 Å². The Kier molecular flexibility index (Phi) is 6.41. The van der Waals surface area contributed by atoms with Crippen molar-refractivity contribution < 1.29 is 8.83 Å². The van der Waals surface area contributed by atoms with Gasteiger partial charge in [-0.25, -0.2) is 0 Å². The number of aromatic nitrogens is 2. The first-order valence-corrected chi connectivity index (χ1v) is 19.8. The number of benzene rings is 9. The van der Waals surface area contributed by atoms with Gasteiger partial charge in [0, 0.05) is 43.7 Å². The largest absolute Gasteiger partial charge is 0.456 e. The second-order valence-corrected chi connectivity index (χ2v) is 15.2. The van der Waals surface area contributed by atoms with Crippen molar-refractivity contribution in [2.75, 3.05) is 0 Å². The molecule has 4 aromatic heterocycles. The lowest BCUT2D eigenvalue weighted by atomic mass is 10.00. The number of nitrogens with zero attached hydrogens (tertiary/aromatic N) is 2. The minimum atomic E-state index is 0.903. The van der Waals surface area contributed by atoms with E-state index in [-0.39, 0.29) is 0 Å². The van der Waals surface area contributed by atoms with Gasteiger partial charge in [0.15, 0.2) is 0 Å². The molecule has 0 spiro atoms. The maximum Gasteiger partial charge on any atom is 0.137 e. The molecule has 0 aliphatic carbocycles. The van der Waals surface area contributed by atoms with Crippen molar-refractivity contribution in [3.05, 3.63) is 194 Å². The summed E-state index contributed by atoms with van der Waals surface area (Å²) in [7, 11) is 0. The van der Waals surface area contributed by atoms with Crippen LogP contribution in [0.4, 0.5) is 0 Å². The average molecular weight is 741 g/mol. The van der Waals surface area contributed by atoms with E-state index in [4.69, 9.17) is 8.83 Å². The van der Waals surface area contributed by atoms with Gasteiger partial charge in [0.2, 0.25) is 0 Å². The summed E-state index contributed by atoms with van der Waals surface area (Å²) in [5.41, 5.74) is 15.3. The third-order valence-corrected chi connectivity index (χ3v) is 12.2. The molecule has 270 valence electrons. The monoisotopic (exact) mass is 740 g/mol. The van der Waals surface area contributed by atoms with Crippen molar-refractivity contribution in [1.82, 2.24) is 9.13 Å². The summed E-state index contributed by atoms with van der Waals surface area (Å²) < 4.78 is 17.4. The van der Waals surface area contributed by atoms with Crippen LogP contribution in [0.15, 0.2) is 203 Å². The topological polar surface area (TPSA) is 36.1 Å². The lowest BCUT2D eigenvalue weighted by Gasteiger charge is -2.11. The van der Waals surface area contributed by atoms with E-state index in [2.05, 4.69) is 191 Å². The lowest BCUT2D eigenvalue weighted by Crippen LogP contribution is -1.94. The number of para-hydroxylation sites is 4. The second-order valence-electron chi connectivity index (χ2n) is 15.2. The summed E-state index contributed by atoms with van der Waals surface area (Å²) in [5.74, 6) is 0. The Hall–Kier alpha value is -7.82. The molecule has 0 bridgehead atoms. The molecule has 0 unspecified atom stereocenters. The quantitative estimate of drug-likeness (QED) is 0.180. The fourth-order valence-corrected chi connectivity index (χ4v) is 9.53. The number of hydrogen-bond donors (Lipinski definition) is 0. The Morgan fingerprint density at radius 3 is 1.02 bits per heavy atom. The Labute approximate surface area is 332 Å². The number of fused-ring (bicyclic) bond motifs is 14. The molecule has 13 aromatic rings. The molecule has 58 heavy (non-hydrogen) atoms. The van der Waals surface area contributed by atoms with Gasteiger partial charge in [-0.3, -0.25) is 0 Å². The molecule has 4 nitrogen and oxygen atoms in total. The fourth-order valence-electron chi connectivity index (χ4n) is 9.53. The van der Waals surface area contributed by atoms with E-state index >= 15 is 0 Å². The van der Waals surface area contributed by atoms with Crippen LogP contribution in [0.25, 0.3) is 121 Å². The minimum absolute atomic E-state index is 0.903. The molecule has 0 atom stereocenters. The van der Waals surface area contributed by atoms with Gasteiger partial charge in [0.1, 0.15) is 22.3 Å². The van der Waals surface area contributed by atoms with E-state index < -0.39 is 0 Å². The molecule has 0 amide bonds. The molecular weight excluding hydrogens is 709 g/mol. The minimum Gasteiger partial charge on any atom is -0.456 e. The summed E-state index contributed by atoms with van der Waals surface area (Å²) in [6.07, 6.45) is 0. The van der Waals surface area contributed by atoms with Crippen molar-refractivity contribution in [2.24, 2.45) is 0 Å². The maximum absolute atomic E-state index is 6.33. The van der Waals surface area contributed by atoms with E-state index in [0.717, 1.165) is 55.3 Å². The molecule has 4 heterocycles. The van der Waals surface area contributed by atoms with E-state index in [9.17, 15) is 0 Å². The van der Waals surface area contributed by atoms with Crippen LogP contribution in [0.5, 0.6) is 0 Å². The van der Waals surface area contributed by atoms with Crippen LogP contribution >= 0.6 is 0 Å². The zero-order chi connectivity index (χ0) is 37.9. The molecule has 0 fully saturated rings. The van der Waals surface area contributed by atoms with Crippen LogP contribution in [-0.2, 0) is 0 Å². The highest BCUT2D eigenvalue weighted by molar-refractivity contribution is 6.25. The summed E-state index contributed by atoms with van der Waals surface area (Å²) in [6.45, 7) is 0. The molecule has 0 radical (unpaired) electrons. The number of rotatable bonds is 4. The number of furan rings is 2. The predicted molar refractivity (Wildman–Crippen MR) is 241 cm³/mol. The third kappa shape index (κ3) is 4.40. The first-order chi connectivity index (χ1) is 28.8. The van der Waals surface area contributed by atoms with Crippen LogP contribution in [0, 0.1) is 0 Å². The highest BCUT2D eigenvalue weighted by Gasteiger charge is 2.20. The molecule has 4 heteroatoms. The highest BCUT2D eigenvalue weighted by Crippen LogP contribution is 2.43. The van der Waals surface area contributed by atoms with Crippen molar-refractivity contribution in [3.63, 3.8) is 0 Å². The van der Waals surface area contributed by atoms with Gasteiger partial charge >= 0.3 is 0 Å². The zero-order valence-corrected chi connectivity index (χ0v) is 31.2. The highest BCUT2D eigenvalue weighted by atomic mass is 16.3. The first-order valence-electron chi connectivity index (χ1n) is 19.8. The van der Waals surface area contributed by atoms with Crippen LogP contribution in [0.1, 0.15) is 0 Å². The maximum atomic E-state index is 6.33. The standard InChI is InChI=1S/C54H32N2O2/c1-5-13-45-39(9-1)41-29-31-49-51(43-11-3-7-15-47(43)57-49)53(41)55(45)37-25-21-35(22-26-37)33-17-19-34(20-18-33)36-23-27-38(28-24-36)56-46-14-6-2-10-40(46)42-30-32-50-52(54(42)56)44-12-4-8-16-48(44)58-50/h1-32H. The van der Waals surface area contributed by atoms with E-state index in [1.807, 2.05) is 12.1 Å². The van der Waals surface area contributed by atoms with Crippen LogP contribution in [0.2, 0.25) is 0 Å². The fraction of sp³-hybridized carbons (Fsp3) is 0. The first kappa shape index (κ1) is 31.4.